The van der Waals surface area contributed by atoms with Crippen molar-refractivity contribution >= 4 is 0 Å². The molecule has 0 spiro atoms. The Kier molecular flexibility index (Phi) is 2.81. The van der Waals surface area contributed by atoms with Gasteiger partial charge in [-0.2, -0.15) is 0 Å². The van der Waals surface area contributed by atoms with E-state index in [2.05, 4.69) is 0 Å². The lowest BCUT2D eigenvalue weighted by Crippen LogP contribution is -2.30. The van der Waals surface area contributed by atoms with Crippen molar-refractivity contribution < 1.29 is 9.13 Å². The van der Waals surface area contributed by atoms with Crippen LogP contribution in [0.5, 0.6) is 5.75 Å². The van der Waals surface area contributed by atoms with Gasteiger partial charge in [0, 0.05) is 11.1 Å². The van der Waals surface area contributed by atoms with Gasteiger partial charge in [-0.25, -0.2) is 4.39 Å². The molecule has 3 heteroatoms. The summed E-state index contributed by atoms with van der Waals surface area (Å²) in [6.07, 6.45) is 0. The molecule has 0 saturated carbocycles. The smallest absolute Gasteiger partial charge is 0.132 e. The van der Waals surface area contributed by atoms with Crippen molar-refractivity contribution in [3.05, 3.63) is 29.1 Å². The van der Waals surface area contributed by atoms with Gasteiger partial charge in [0.25, 0.3) is 0 Å². The lowest BCUT2D eigenvalue weighted by Gasteiger charge is -2.23. The standard InChI is InChI=1S/C11H16FNO/c1-7-5-8(12)10(11(2,3)13)9(6-7)14-4/h5-6H,13H2,1-4H3. The highest BCUT2D eigenvalue weighted by atomic mass is 19.1. The molecule has 0 unspecified atom stereocenters. The van der Waals surface area contributed by atoms with Gasteiger partial charge in [0.05, 0.1) is 7.11 Å². The average Bonchev–Trinajstić information content (AvgIpc) is 1.99. The van der Waals surface area contributed by atoms with E-state index in [0.717, 1.165) is 5.56 Å². The van der Waals surface area contributed by atoms with Crippen LogP contribution >= 0.6 is 0 Å². The van der Waals surface area contributed by atoms with Crippen molar-refractivity contribution in [2.45, 2.75) is 26.3 Å². The van der Waals surface area contributed by atoms with Gasteiger partial charge in [-0.05, 0) is 38.5 Å². The fraction of sp³-hybridized carbons (Fsp3) is 0.455. The Bertz CT molecular complexity index is 342. The van der Waals surface area contributed by atoms with Crippen LogP contribution < -0.4 is 10.5 Å². The fourth-order valence-corrected chi connectivity index (χ4v) is 1.50. The van der Waals surface area contributed by atoms with E-state index in [0.29, 0.717) is 11.3 Å². The molecule has 0 saturated heterocycles. The zero-order valence-electron chi connectivity index (χ0n) is 9.02. The molecule has 78 valence electrons. The van der Waals surface area contributed by atoms with Crippen LogP contribution in [0, 0.1) is 12.7 Å². The van der Waals surface area contributed by atoms with Crippen molar-refractivity contribution in [2.24, 2.45) is 5.73 Å². The van der Waals surface area contributed by atoms with Gasteiger partial charge in [0.2, 0.25) is 0 Å². The number of aryl methyl sites for hydroxylation is 1. The molecule has 0 aliphatic carbocycles. The molecule has 0 aliphatic heterocycles. The summed E-state index contributed by atoms with van der Waals surface area (Å²) in [7, 11) is 1.52. The SMILES string of the molecule is COc1cc(C)cc(F)c1C(C)(C)N. The van der Waals surface area contributed by atoms with Gasteiger partial charge in [0.15, 0.2) is 0 Å². The summed E-state index contributed by atoms with van der Waals surface area (Å²) in [5.74, 6) is 0.198. The second-order valence-electron chi connectivity index (χ2n) is 4.05. The number of halogens is 1. The van der Waals surface area contributed by atoms with Crippen molar-refractivity contribution in [3.63, 3.8) is 0 Å². The molecule has 0 bridgehead atoms. The molecule has 0 aliphatic rings. The first kappa shape index (κ1) is 11.0. The van der Waals surface area contributed by atoms with Crippen molar-refractivity contribution in [1.82, 2.24) is 0 Å². The molecular formula is C11H16FNO. The summed E-state index contributed by atoms with van der Waals surface area (Å²) in [6, 6.07) is 3.25. The number of methoxy groups -OCH3 is 1. The Balaban J connectivity index is 3.40. The minimum absolute atomic E-state index is 0.311. The zero-order chi connectivity index (χ0) is 10.9. The maximum absolute atomic E-state index is 13.6. The summed E-state index contributed by atoms with van der Waals surface area (Å²) in [5.41, 5.74) is 6.38. The second-order valence-corrected chi connectivity index (χ2v) is 4.05. The van der Waals surface area contributed by atoms with Crippen LogP contribution in [0.4, 0.5) is 4.39 Å². The maximum Gasteiger partial charge on any atom is 0.132 e. The Morgan fingerprint density at radius 1 is 1.36 bits per heavy atom. The predicted octanol–water partition coefficient (Wildman–Crippen LogP) is 2.34. The van der Waals surface area contributed by atoms with Gasteiger partial charge in [-0.15, -0.1) is 0 Å². The predicted molar refractivity (Wildman–Crippen MR) is 54.9 cm³/mol. The third-order valence-corrected chi connectivity index (χ3v) is 2.06. The molecule has 2 N–H and O–H groups in total. The summed E-state index contributed by atoms with van der Waals surface area (Å²) in [6.45, 7) is 5.32. The van der Waals surface area contributed by atoms with Gasteiger partial charge in [-0.3, -0.25) is 0 Å². The van der Waals surface area contributed by atoms with Gasteiger partial charge in [-0.1, -0.05) is 0 Å². The molecule has 0 radical (unpaired) electrons. The average molecular weight is 197 g/mol. The highest BCUT2D eigenvalue weighted by Gasteiger charge is 2.23. The summed E-state index contributed by atoms with van der Waals surface area (Å²) in [5, 5.41) is 0. The van der Waals surface area contributed by atoms with Gasteiger partial charge >= 0.3 is 0 Å². The van der Waals surface area contributed by atoms with E-state index in [1.54, 1.807) is 19.9 Å². The third kappa shape index (κ3) is 2.04. The lowest BCUT2D eigenvalue weighted by atomic mass is 9.93. The first-order valence-electron chi connectivity index (χ1n) is 4.49. The quantitative estimate of drug-likeness (QED) is 0.789. The number of benzene rings is 1. The zero-order valence-corrected chi connectivity index (χ0v) is 9.02. The van der Waals surface area contributed by atoms with E-state index in [-0.39, 0.29) is 5.82 Å². The van der Waals surface area contributed by atoms with E-state index in [1.165, 1.54) is 13.2 Å². The van der Waals surface area contributed by atoms with Crippen LogP contribution in [0.15, 0.2) is 12.1 Å². The normalized spacial score (nSPS) is 11.6. The molecule has 0 amide bonds. The number of ether oxygens (including phenoxy) is 1. The highest BCUT2D eigenvalue weighted by Crippen LogP contribution is 2.31. The van der Waals surface area contributed by atoms with Crippen LogP contribution in [0.1, 0.15) is 25.0 Å². The number of rotatable bonds is 2. The van der Waals surface area contributed by atoms with Gasteiger partial charge < -0.3 is 10.5 Å². The fourth-order valence-electron chi connectivity index (χ4n) is 1.50. The third-order valence-electron chi connectivity index (χ3n) is 2.06. The summed E-state index contributed by atoms with van der Waals surface area (Å²) in [4.78, 5) is 0. The number of nitrogens with two attached hydrogens (primary N) is 1. The van der Waals surface area contributed by atoms with Crippen LogP contribution in [-0.2, 0) is 5.54 Å². The molecule has 0 heterocycles. The molecule has 0 fully saturated rings. The Hall–Kier alpha value is -1.09. The van der Waals surface area contributed by atoms with E-state index >= 15 is 0 Å². The molecule has 1 rings (SSSR count). The van der Waals surface area contributed by atoms with Gasteiger partial charge in [0.1, 0.15) is 11.6 Å². The molecule has 0 aromatic heterocycles. The van der Waals surface area contributed by atoms with Crippen molar-refractivity contribution in [3.8, 4) is 5.75 Å². The minimum atomic E-state index is -0.733. The summed E-state index contributed by atoms with van der Waals surface area (Å²) >= 11 is 0. The molecule has 1 aromatic rings. The first-order valence-corrected chi connectivity index (χ1v) is 4.49. The van der Waals surface area contributed by atoms with E-state index in [1.807, 2.05) is 6.92 Å². The Morgan fingerprint density at radius 3 is 2.36 bits per heavy atom. The van der Waals surface area contributed by atoms with Crippen LogP contribution in [-0.4, -0.2) is 7.11 Å². The van der Waals surface area contributed by atoms with Crippen molar-refractivity contribution in [1.29, 1.82) is 0 Å². The lowest BCUT2D eigenvalue weighted by molar-refractivity contribution is 0.383. The molecule has 0 atom stereocenters. The van der Waals surface area contributed by atoms with Crippen LogP contribution in [0.25, 0.3) is 0 Å². The van der Waals surface area contributed by atoms with Crippen LogP contribution in [0.2, 0.25) is 0 Å². The Morgan fingerprint density at radius 2 is 1.93 bits per heavy atom. The topological polar surface area (TPSA) is 35.2 Å². The second kappa shape index (κ2) is 3.58. The molecule has 14 heavy (non-hydrogen) atoms. The monoisotopic (exact) mass is 197 g/mol. The maximum atomic E-state index is 13.6. The van der Waals surface area contributed by atoms with E-state index in [4.69, 9.17) is 10.5 Å². The number of hydrogen-bond acceptors (Lipinski definition) is 2. The Labute approximate surface area is 83.9 Å². The number of hydrogen-bond donors (Lipinski definition) is 1. The minimum Gasteiger partial charge on any atom is -0.496 e. The van der Waals surface area contributed by atoms with Crippen LogP contribution in [0.3, 0.4) is 0 Å². The highest BCUT2D eigenvalue weighted by molar-refractivity contribution is 5.42. The van der Waals surface area contributed by atoms with E-state index < -0.39 is 5.54 Å². The summed E-state index contributed by atoms with van der Waals surface area (Å²) < 4.78 is 18.7. The van der Waals surface area contributed by atoms with E-state index in [9.17, 15) is 4.39 Å². The molecule has 1 aromatic carbocycles. The molecule has 2 nitrogen and oxygen atoms in total. The largest absolute Gasteiger partial charge is 0.496 e. The molecular weight excluding hydrogens is 181 g/mol. The first-order chi connectivity index (χ1) is 6.36. The van der Waals surface area contributed by atoms with Crippen molar-refractivity contribution in [2.75, 3.05) is 7.11 Å².